The molecule has 3 rings (SSSR count). The van der Waals surface area contributed by atoms with Crippen LogP contribution in [-0.2, 0) is 15.0 Å². The number of halogens is 2. The minimum absolute atomic E-state index is 0.00201. The van der Waals surface area contributed by atoms with Gasteiger partial charge in [-0.1, -0.05) is 47.5 Å². The Labute approximate surface area is 150 Å². The van der Waals surface area contributed by atoms with Crippen LogP contribution in [0.15, 0.2) is 47.4 Å². The lowest BCUT2D eigenvalue weighted by atomic mass is 9.97. The average molecular weight is 385 g/mol. The van der Waals surface area contributed by atoms with E-state index in [1.54, 1.807) is 37.3 Å². The zero-order valence-corrected chi connectivity index (χ0v) is 15.0. The Morgan fingerprint density at radius 3 is 2.50 bits per heavy atom. The van der Waals surface area contributed by atoms with Gasteiger partial charge in [0.05, 0.1) is 5.02 Å². The Balaban J connectivity index is 2.30. The maximum Gasteiger partial charge on any atom is 0.256 e. The zero-order valence-electron chi connectivity index (χ0n) is 12.7. The number of fused-ring (bicyclic) bond motifs is 1. The SMILES string of the molecule is CCN1C(=O)c2ccccc2C1(Cl)c1ccc(Cl)c(S(N)(=O)=O)c1. The molecule has 0 saturated heterocycles. The first-order valence-corrected chi connectivity index (χ1v) is 9.44. The Bertz CT molecular complexity index is 946. The van der Waals surface area contributed by atoms with Gasteiger partial charge in [-0.05, 0) is 30.7 Å². The van der Waals surface area contributed by atoms with Crippen molar-refractivity contribution < 1.29 is 13.2 Å². The van der Waals surface area contributed by atoms with Crippen molar-refractivity contribution in [2.45, 2.75) is 16.8 Å². The van der Waals surface area contributed by atoms with Crippen LogP contribution < -0.4 is 5.14 Å². The summed E-state index contributed by atoms with van der Waals surface area (Å²) in [6.07, 6.45) is 0. The van der Waals surface area contributed by atoms with Crippen molar-refractivity contribution in [1.82, 2.24) is 4.90 Å². The van der Waals surface area contributed by atoms with Gasteiger partial charge in [0.15, 0.2) is 5.00 Å². The van der Waals surface area contributed by atoms with Crippen molar-refractivity contribution >= 4 is 39.1 Å². The highest BCUT2D eigenvalue weighted by Gasteiger charge is 2.49. The van der Waals surface area contributed by atoms with E-state index in [0.717, 1.165) is 0 Å². The molecule has 0 aromatic heterocycles. The van der Waals surface area contributed by atoms with E-state index in [1.165, 1.54) is 17.0 Å². The van der Waals surface area contributed by atoms with Crippen molar-refractivity contribution in [3.05, 3.63) is 64.2 Å². The maximum absolute atomic E-state index is 12.6. The van der Waals surface area contributed by atoms with E-state index in [1.807, 2.05) is 0 Å². The molecule has 0 aliphatic carbocycles. The molecule has 1 atom stereocenters. The van der Waals surface area contributed by atoms with Crippen LogP contribution in [0.1, 0.15) is 28.4 Å². The summed E-state index contributed by atoms with van der Waals surface area (Å²) in [6, 6.07) is 11.3. The average Bonchev–Trinajstić information content (AvgIpc) is 2.76. The lowest BCUT2D eigenvalue weighted by Gasteiger charge is -2.33. The first kappa shape index (κ1) is 17.2. The van der Waals surface area contributed by atoms with Crippen molar-refractivity contribution in [3.63, 3.8) is 0 Å². The van der Waals surface area contributed by atoms with E-state index < -0.39 is 15.0 Å². The number of hydrogen-bond donors (Lipinski definition) is 1. The minimum atomic E-state index is -4.02. The summed E-state index contributed by atoms with van der Waals surface area (Å²) in [5.74, 6) is -0.213. The number of hydrogen-bond acceptors (Lipinski definition) is 3. The van der Waals surface area contributed by atoms with Gasteiger partial charge in [-0.3, -0.25) is 4.79 Å². The van der Waals surface area contributed by atoms with Crippen LogP contribution in [0, 0.1) is 0 Å². The molecule has 24 heavy (non-hydrogen) atoms. The highest BCUT2D eigenvalue weighted by Crippen LogP contribution is 2.48. The van der Waals surface area contributed by atoms with Gasteiger partial charge in [0.25, 0.3) is 5.91 Å². The van der Waals surface area contributed by atoms with Crippen LogP contribution in [0.5, 0.6) is 0 Å². The molecule has 0 radical (unpaired) electrons. The topological polar surface area (TPSA) is 80.5 Å². The Kier molecular flexibility index (Phi) is 4.12. The summed E-state index contributed by atoms with van der Waals surface area (Å²) in [6.45, 7) is 2.15. The number of rotatable bonds is 3. The molecule has 1 amide bonds. The van der Waals surface area contributed by atoms with Crippen molar-refractivity contribution in [1.29, 1.82) is 0 Å². The van der Waals surface area contributed by atoms with Gasteiger partial charge in [0.2, 0.25) is 10.0 Å². The fraction of sp³-hybridized carbons (Fsp3) is 0.188. The quantitative estimate of drug-likeness (QED) is 0.652. The molecule has 1 aliphatic rings. The highest BCUT2D eigenvalue weighted by molar-refractivity contribution is 7.89. The minimum Gasteiger partial charge on any atom is -0.312 e. The van der Waals surface area contributed by atoms with E-state index in [-0.39, 0.29) is 15.8 Å². The van der Waals surface area contributed by atoms with Crippen molar-refractivity contribution in [2.75, 3.05) is 6.54 Å². The van der Waals surface area contributed by atoms with Crippen LogP contribution in [0.4, 0.5) is 0 Å². The molecule has 126 valence electrons. The molecule has 0 bridgehead atoms. The van der Waals surface area contributed by atoms with Crippen molar-refractivity contribution in [2.24, 2.45) is 5.14 Å². The number of nitrogens with two attached hydrogens (primary N) is 1. The molecule has 0 spiro atoms. The third kappa shape index (κ3) is 2.41. The first-order chi connectivity index (χ1) is 11.2. The number of primary sulfonamides is 1. The first-order valence-electron chi connectivity index (χ1n) is 7.14. The van der Waals surface area contributed by atoms with Gasteiger partial charge >= 0.3 is 0 Å². The normalized spacial score (nSPS) is 20.3. The van der Waals surface area contributed by atoms with E-state index in [2.05, 4.69) is 0 Å². The lowest BCUT2D eigenvalue weighted by molar-refractivity contribution is 0.0729. The lowest BCUT2D eigenvalue weighted by Crippen LogP contribution is -2.40. The molecule has 0 saturated carbocycles. The molecule has 2 N–H and O–H groups in total. The monoisotopic (exact) mass is 384 g/mol. The highest BCUT2D eigenvalue weighted by atomic mass is 35.5. The number of nitrogens with zero attached hydrogens (tertiary/aromatic N) is 1. The van der Waals surface area contributed by atoms with Gasteiger partial charge in [-0.2, -0.15) is 0 Å². The molecule has 1 unspecified atom stereocenters. The van der Waals surface area contributed by atoms with E-state index in [0.29, 0.717) is 23.2 Å². The molecule has 0 fully saturated rings. The fourth-order valence-corrected chi connectivity index (χ4v) is 4.54. The van der Waals surface area contributed by atoms with Gasteiger partial charge in [0, 0.05) is 17.7 Å². The predicted molar refractivity (Wildman–Crippen MR) is 92.6 cm³/mol. The van der Waals surface area contributed by atoms with Crippen LogP contribution in [0.2, 0.25) is 5.02 Å². The third-order valence-corrected chi connectivity index (χ3v) is 6.09. The molecule has 5 nitrogen and oxygen atoms in total. The molecule has 2 aromatic rings. The predicted octanol–water partition coefficient (Wildman–Crippen LogP) is 2.90. The molecular formula is C16H14Cl2N2O3S. The fourth-order valence-electron chi connectivity index (χ4n) is 2.99. The van der Waals surface area contributed by atoms with Crippen LogP contribution in [0.25, 0.3) is 0 Å². The Hall–Kier alpha value is -1.60. The summed E-state index contributed by atoms with van der Waals surface area (Å²) in [4.78, 5) is 12.6. The van der Waals surface area contributed by atoms with Gasteiger partial charge < -0.3 is 4.90 Å². The number of alkyl halides is 1. The Morgan fingerprint density at radius 1 is 1.21 bits per heavy atom. The number of amides is 1. The smallest absolute Gasteiger partial charge is 0.256 e. The van der Waals surface area contributed by atoms with Crippen LogP contribution >= 0.6 is 23.2 Å². The Morgan fingerprint density at radius 2 is 1.88 bits per heavy atom. The van der Waals surface area contributed by atoms with Gasteiger partial charge in [-0.15, -0.1) is 0 Å². The molecule has 2 aromatic carbocycles. The second kappa shape index (κ2) is 5.74. The largest absolute Gasteiger partial charge is 0.312 e. The van der Waals surface area contributed by atoms with Gasteiger partial charge in [-0.25, -0.2) is 13.6 Å². The number of sulfonamides is 1. The van der Waals surface area contributed by atoms with E-state index in [9.17, 15) is 13.2 Å². The second-order valence-electron chi connectivity index (χ2n) is 5.41. The third-order valence-electron chi connectivity index (χ3n) is 4.07. The van der Waals surface area contributed by atoms with Crippen molar-refractivity contribution in [3.8, 4) is 0 Å². The summed E-state index contributed by atoms with van der Waals surface area (Å²) in [5.41, 5.74) is 1.50. The molecule has 8 heteroatoms. The zero-order chi connectivity index (χ0) is 17.7. The summed E-state index contributed by atoms with van der Waals surface area (Å²) < 4.78 is 23.5. The number of carbonyl (C=O) groups is 1. The summed E-state index contributed by atoms with van der Waals surface area (Å²) >= 11 is 12.8. The van der Waals surface area contributed by atoms with E-state index >= 15 is 0 Å². The summed E-state index contributed by atoms with van der Waals surface area (Å²) in [7, 11) is -4.02. The number of benzene rings is 2. The van der Waals surface area contributed by atoms with Crippen LogP contribution in [0.3, 0.4) is 0 Å². The van der Waals surface area contributed by atoms with Crippen LogP contribution in [-0.4, -0.2) is 25.8 Å². The van der Waals surface area contributed by atoms with Gasteiger partial charge in [0.1, 0.15) is 4.90 Å². The maximum atomic E-state index is 12.6. The molecular weight excluding hydrogens is 371 g/mol. The number of carbonyl (C=O) groups excluding carboxylic acids is 1. The molecule has 1 aliphatic heterocycles. The summed E-state index contributed by atoms with van der Waals surface area (Å²) in [5, 5.41) is 5.22. The molecule has 1 heterocycles. The second-order valence-corrected chi connectivity index (χ2v) is 7.89. The van der Waals surface area contributed by atoms with E-state index in [4.69, 9.17) is 28.3 Å². The standard InChI is InChI=1S/C16H14Cl2N2O3S/c1-2-20-15(21)11-5-3-4-6-12(11)16(20,18)10-7-8-13(17)14(9-10)24(19,22)23/h3-9H,2H2,1H3,(H2,19,22,23).